The van der Waals surface area contributed by atoms with Gasteiger partial charge in [0.1, 0.15) is 0 Å². The summed E-state index contributed by atoms with van der Waals surface area (Å²) in [6, 6.07) is 6.09. The fourth-order valence-corrected chi connectivity index (χ4v) is 2.70. The number of nitrogens with one attached hydrogen (secondary N) is 1. The number of hydrogen-bond acceptors (Lipinski definition) is 4. The zero-order valence-corrected chi connectivity index (χ0v) is 12.4. The average molecular weight is 318 g/mol. The summed E-state index contributed by atoms with van der Waals surface area (Å²) >= 11 is 5.00. The van der Waals surface area contributed by atoms with Crippen molar-refractivity contribution in [1.29, 1.82) is 0 Å². The highest BCUT2D eigenvalue weighted by molar-refractivity contribution is 9.10. The van der Waals surface area contributed by atoms with E-state index >= 15 is 0 Å². The van der Waals surface area contributed by atoms with Gasteiger partial charge >= 0.3 is 5.97 Å². The van der Waals surface area contributed by atoms with E-state index in [1.54, 1.807) is 0 Å². The van der Waals surface area contributed by atoms with Gasteiger partial charge in [0, 0.05) is 15.9 Å². The van der Waals surface area contributed by atoms with E-state index in [2.05, 4.69) is 21.2 Å². The van der Waals surface area contributed by atoms with Crippen LogP contribution < -0.4 is 5.32 Å². The molecule has 0 spiro atoms. The SMILES string of the molecule is CCOC(=O)CSc1ccc(CNC)c(Br)c1. The third-order valence-corrected chi connectivity index (χ3v) is 3.76. The number of hydrogen-bond donors (Lipinski definition) is 1. The number of ether oxygens (including phenoxy) is 1. The molecule has 0 aliphatic heterocycles. The summed E-state index contributed by atoms with van der Waals surface area (Å²) in [6.07, 6.45) is 0. The molecule has 1 aromatic rings. The van der Waals surface area contributed by atoms with Gasteiger partial charge in [-0.2, -0.15) is 0 Å². The molecule has 1 aromatic carbocycles. The lowest BCUT2D eigenvalue weighted by molar-refractivity contribution is -0.139. The minimum Gasteiger partial charge on any atom is -0.465 e. The van der Waals surface area contributed by atoms with Crippen molar-refractivity contribution >= 4 is 33.7 Å². The highest BCUT2D eigenvalue weighted by Crippen LogP contribution is 2.25. The predicted octanol–water partition coefficient (Wildman–Crippen LogP) is 2.82. The van der Waals surface area contributed by atoms with Crippen molar-refractivity contribution in [1.82, 2.24) is 5.32 Å². The summed E-state index contributed by atoms with van der Waals surface area (Å²) < 4.78 is 5.93. The van der Waals surface area contributed by atoms with Crippen LogP contribution >= 0.6 is 27.7 Å². The first-order valence-corrected chi connectivity index (χ1v) is 7.16. The van der Waals surface area contributed by atoms with Crippen molar-refractivity contribution < 1.29 is 9.53 Å². The molecule has 5 heteroatoms. The van der Waals surface area contributed by atoms with Crippen LogP contribution in [0.2, 0.25) is 0 Å². The Morgan fingerprint density at radius 1 is 1.53 bits per heavy atom. The maximum atomic E-state index is 11.2. The highest BCUT2D eigenvalue weighted by Gasteiger charge is 2.05. The standard InChI is InChI=1S/C12H16BrNO2S/c1-3-16-12(15)8-17-10-5-4-9(7-14-2)11(13)6-10/h4-6,14H,3,7-8H2,1-2H3. The molecule has 0 heterocycles. The number of carbonyl (C=O) groups is 1. The predicted molar refractivity (Wildman–Crippen MR) is 74.3 cm³/mol. The smallest absolute Gasteiger partial charge is 0.316 e. The van der Waals surface area contributed by atoms with E-state index < -0.39 is 0 Å². The Morgan fingerprint density at radius 3 is 2.88 bits per heavy atom. The first-order valence-electron chi connectivity index (χ1n) is 5.38. The van der Waals surface area contributed by atoms with Crippen molar-refractivity contribution in [2.45, 2.75) is 18.4 Å². The molecule has 0 aliphatic carbocycles. The molecule has 0 radical (unpaired) electrons. The molecule has 0 aromatic heterocycles. The number of carbonyl (C=O) groups excluding carboxylic acids is 1. The van der Waals surface area contributed by atoms with Crippen molar-refractivity contribution in [2.75, 3.05) is 19.4 Å². The summed E-state index contributed by atoms with van der Waals surface area (Å²) in [6.45, 7) is 3.07. The number of halogens is 1. The summed E-state index contributed by atoms with van der Waals surface area (Å²) in [7, 11) is 1.91. The molecule has 0 saturated heterocycles. The van der Waals surface area contributed by atoms with Gasteiger partial charge in [-0.25, -0.2) is 0 Å². The fraction of sp³-hybridized carbons (Fsp3) is 0.417. The number of esters is 1. The number of thioether (sulfide) groups is 1. The third kappa shape index (κ3) is 5.10. The van der Waals surface area contributed by atoms with E-state index in [1.165, 1.54) is 17.3 Å². The molecule has 3 nitrogen and oxygen atoms in total. The Morgan fingerprint density at radius 2 is 2.29 bits per heavy atom. The van der Waals surface area contributed by atoms with Gasteiger partial charge in [-0.1, -0.05) is 22.0 Å². The molecule has 0 saturated carbocycles. The van der Waals surface area contributed by atoms with Crippen molar-refractivity contribution in [3.63, 3.8) is 0 Å². The van der Waals surface area contributed by atoms with E-state index in [0.29, 0.717) is 12.4 Å². The molecule has 0 bridgehead atoms. The molecule has 0 atom stereocenters. The van der Waals surface area contributed by atoms with Gasteiger partial charge in [-0.15, -0.1) is 11.8 Å². The van der Waals surface area contributed by atoms with E-state index in [9.17, 15) is 4.79 Å². The van der Waals surface area contributed by atoms with Gasteiger partial charge in [0.15, 0.2) is 0 Å². The second-order valence-electron chi connectivity index (χ2n) is 3.38. The van der Waals surface area contributed by atoms with E-state index in [-0.39, 0.29) is 5.97 Å². The zero-order valence-electron chi connectivity index (χ0n) is 9.96. The normalized spacial score (nSPS) is 10.3. The fourth-order valence-electron chi connectivity index (χ4n) is 1.30. The zero-order chi connectivity index (χ0) is 12.7. The first kappa shape index (κ1) is 14.5. The van der Waals surface area contributed by atoms with Gasteiger partial charge in [0.05, 0.1) is 12.4 Å². The summed E-state index contributed by atoms with van der Waals surface area (Å²) in [4.78, 5) is 12.3. The van der Waals surface area contributed by atoms with Crippen LogP contribution in [-0.4, -0.2) is 25.4 Å². The molecular formula is C12H16BrNO2S. The van der Waals surface area contributed by atoms with Crippen LogP contribution in [0.3, 0.4) is 0 Å². The monoisotopic (exact) mass is 317 g/mol. The van der Waals surface area contributed by atoms with Crippen molar-refractivity contribution in [2.24, 2.45) is 0 Å². The molecular weight excluding hydrogens is 302 g/mol. The lowest BCUT2D eigenvalue weighted by Gasteiger charge is -2.06. The summed E-state index contributed by atoms with van der Waals surface area (Å²) in [5, 5.41) is 3.10. The Balaban J connectivity index is 2.55. The Hall–Kier alpha value is -0.520. The Bertz CT molecular complexity index is 385. The van der Waals surface area contributed by atoms with Gasteiger partial charge < -0.3 is 10.1 Å². The van der Waals surface area contributed by atoms with Crippen LogP contribution in [0, 0.1) is 0 Å². The third-order valence-electron chi connectivity index (χ3n) is 2.05. The van der Waals surface area contributed by atoms with Crippen molar-refractivity contribution in [3.8, 4) is 0 Å². The van der Waals surface area contributed by atoms with Gasteiger partial charge in [-0.05, 0) is 31.7 Å². The van der Waals surface area contributed by atoms with Crippen molar-refractivity contribution in [3.05, 3.63) is 28.2 Å². The Labute approximate surface area is 114 Å². The highest BCUT2D eigenvalue weighted by atomic mass is 79.9. The summed E-state index contributed by atoms with van der Waals surface area (Å²) in [5.41, 5.74) is 1.20. The van der Waals surface area contributed by atoms with Gasteiger partial charge in [0.2, 0.25) is 0 Å². The van der Waals surface area contributed by atoms with Crippen LogP contribution in [0.1, 0.15) is 12.5 Å². The molecule has 17 heavy (non-hydrogen) atoms. The van der Waals surface area contributed by atoms with Crippen LogP contribution in [0.4, 0.5) is 0 Å². The molecule has 0 aliphatic rings. The largest absolute Gasteiger partial charge is 0.465 e. The van der Waals surface area contributed by atoms with Crippen LogP contribution in [0.15, 0.2) is 27.6 Å². The van der Waals surface area contributed by atoms with E-state index in [0.717, 1.165) is 15.9 Å². The molecule has 94 valence electrons. The van der Waals surface area contributed by atoms with Crippen LogP contribution in [0.25, 0.3) is 0 Å². The minimum atomic E-state index is -0.173. The quantitative estimate of drug-likeness (QED) is 0.647. The maximum Gasteiger partial charge on any atom is 0.316 e. The number of benzene rings is 1. The first-order chi connectivity index (χ1) is 8.17. The van der Waals surface area contributed by atoms with E-state index in [1.807, 2.05) is 32.2 Å². The lowest BCUT2D eigenvalue weighted by Crippen LogP contribution is -2.07. The van der Waals surface area contributed by atoms with Crippen LogP contribution in [0.5, 0.6) is 0 Å². The molecule has 1 N–H and O–H groups in total. The molecule has 1 rings (SSSR count). The summed E-state index contributed by atoms with van der Waals surface area (Å²) in [5.74, 6) is 0.180. The molecule has 0 unspecified atom stereocenters. The van der Waals surface area contributed by atoms with Gasteiger partial charge in [-0.3, -0.25) is 4.79 Å². The van der Waals surface area contributed by atoms with E-state index in [4.69, 9.17) is 4.74 Å². The Kier molecular flexibility index (Phi) is 6.62. The second kappa shape index (κ2) is 7.74. The topological polar surface area (TPSA) is 38.3 Å². The lowest BCUT2D eigenvalue weighted by atomic mass is 10.2. The molecule has 0 amide bonds. The second-order valence-corrected chi connectivity index (χ2v) is 5.28. The number of rotatable bonds is 6. The average Bonchev–Trinajstić information content (AvgIpc) is 2.30. The van der Waals surface area contributed by atoms with Crippen LogP contribution in [-0.2, 0) is 16.1 Å². The maximum absolute atomic E-state index is 11.2. The molecule has 0 fully saturated rings. The minimum absolute atomic E-state index is 0.173. The van der Waals surface area contributed by atoms with Gasteiger partial charge in [0.25, 0.3) is 0 Å².